The van der Waals surface area contributed by atoms with Crippen LogP contribution in [0, 0.1) is 0 Å². The van der Waals surface area contributed by atoms with E-state index in [4.69, 9.17) is 36.4 Å². The minimum atomic E-state index is -1.82. The normalized spacial score (nSPS) is 23.3. The smallest absolute Gasteiger partial charge is 0.131 e. The highest BCUT2D eigenvalue weighted by molar-refractivity contribution is 4.82. The molecule has 0 aliphatic heterocycles. The molecule has 0 aliphatic carbocycles. The fourth-order valence-electron chi connectivity index (χ4n) is 0.740. The first-order chi connectivity index (χ1) is 5.91. The summed E-state index contributed by atoms with van der Waals surface area (Å²) in [6.07, 6.45) is -8.68. The van der Waals surface area contributed by atoms with Gasteiger partial charge in [-0.1, -0.05) is 0 Å². The van der Waals surface area contributed by atoms with Gasteiger partial charge in [0, 0.05) is 0 Å². The van der Waals surface area contributed by atoms with E-state index in [1.165, 1.54) is 0 Å². The van der Waals surface area contributed by atoms with Crippen molar-refractivity contribution in [3.63, 3.8) is 0 Å². The van der Waals surface area contributed by atoms with Crippen LogP contribution in [-0.2, 0) is 0 Å². The maximum Gasteiger partial charge on any atom is 0.131 e. The van der Waals surface area contributed by atoms with Gasteiger partial charge in [-0.25, -0.2) is 0 Å². The highest BCUT2D eigenvalue weighted by Gasteiger charge is 2.32. The summed E-state index contributed by atoms with van der Waals surface area (Å²) in [6, 6.07) is 0. The van der Waals surface area contributed by atoms with Gasteiger partial charge in [0.05, 0.1) is 6.61 Å². The number of hydrogen-bond acceptors (Lipinski definition) is 7. The lowest BCUT2D eigenvalue weighted by atomic mass is 10.0. The predicted octanol–water partition coefficient (Wildman–Crippen LogP) is -4.30. The minimum absolute atomic E-state index is 0.772. The molecule has 0 aromatic carbocycles. The van der Waals surface area contributed by atoms with E-state index in [0.717, 1.165) is 0 Å². The van der Waals surface area contributed by atoms with Crippen molar-refractivity contribution >= 4 is 0 Å². The van der Waals surface area contributed by atoms with Crippen molar-refractivity contribution in [2.75, 3.05) is 6.61 Å². The van der Waals surface area contributed by atoms with Crippen LogP contribution in [0.15, 0.2) is 0 Å². The van der Waals surface area contributed by atoms with Crippen molar-refractivity contribution < 1.29 is 30.6 Å². The van der Waals surface area contributed by atoms with Gasteiger partial charge < -0.3 is 36.4 Å². The van der Waals surface area contributed by atoms with E-state index in [-0.39, 0.29) is 0 Å². The lowest BCUT2D eigenvalue weighted by Gasteiger charge is -2.26. The molecule has 7 heteroatoms. The maximum absolute atomic E-state index is 9.05. The SMILES string of the molecule is NC(O)[C@H](O)[C@H](O)[C@H](O)[C@H](O)CO. The summed E-state index contributed by atoms with van der Waals surface area (Å²) in [5.74, 6) is 0. The van der Waals surface area contributed by atoms with Gasteiger partial charge >= 0.3 is 0 Å². The topological polar surface area (TPSA) is 147 Å². The summed E-state index contributed by atoms with van der Waals surface area (Å²) >= 11 is 0. The number of aliphatic hydroxyl groups is 6. The summed E-state index contributed by atoms with van der Waals surface area (Å²) in [5.41, 5.74) is 4.81. The molecule has 0 radical (unpaired) electrons. The van der Waals surface area contributed by atoms with Crippen LogP contribution in [-0.4, -0.2) is 67.9 Å². The lowest BCUT2D eigenvalue weighted by molar-refractivity contribution is -0.139. The van der Waals surface area contributed by atoms with Gasteiger partial charge in [-0.2, -0.15) is 0 Å². The summed E-state index contributed by atoms with van der Waals surface area (Å²) in [7, 11) is 0. The molecule has 0 aromatic rings. The second-order valence-electron chi connectivity index (χ2n) is 2.71. The molecule has 0 bridgehead atoms. The summed E-state index contributed by atoms with van der Waals surface area (Å²) in [5, 5.41) is 52.8. The first-order valence-electron chi connectivity index (χ1n) is 3.68. The van der Waals surface area contributed by atoms with Crippen LogP contribution in [0.2, 0.25) is 0 Å². The van der Waals surface area contributed by atoms with Crippen molar-refractivity contribution in [1.29, 1.82) is 0 Å². The molecule has 0 saturated heterocycles. The highest BCUT2D eigenvalue weighted by atomic mass is 16.4. The number of nitrogens with two attached hydrogens (primary N) is 1. The van der Waals surface area contributed by atoms with Gasteiger partial charge in [-0.15, -0.1) is 0 Å². The monoisotopic (exact) mass is 197 g/mol. The zero-order chi connectivity index (χ0) is 10.6. The van der Waals surface area contributed by atoms with Crippen LogP contribution in [0.5, 0.6) is 0 Å². The molecule has 0 saturated carbocycles. The van der Waals surface area contributed by atoms with Crippen LogP contribution in [0.3, 0.4) is 0 Å². The van der Waals surface area contributed by atoms with E-state index in [1.807, 2.05) is 0 Å². The fourth-order valence-corrected chi connectivity index (χ4v) is 0.740. The standard InChI is InChI=1S/C6H15NO6/c7-6(13)5(12)4(11)3(10)2(9)1-8/h2-6,8-13H,1,7H2/t2-,3-,4-,5-,6?/m1/s1. The van der Waals surface area contributed by atoms with Crippen LogP contribution in [0.1, 0.15) is 0 Å². The number of aliphatic hydroxyl groups excluding tert-OH is 6. The number of rotatable bonds is 5. The summed E-state index contributed by atoms with van der Waals surface area (Å²) in [4.78, 5) is 0. The van der Waals surface area contributed by atoms with Crippen LogP contribution in [0.25, 0.3) is 0 Å². The lowest BCUT2D eigenvalue weighted by Crippen LogP contribution is -2.52. The molecule has 80 valence electrons. The molecule has 0 spiro atoms. The third-order valence-electron chi connectivity index (χ3n) is 1.63. The third-order valence-corrected chi connectivity index (χ3v) is 1.63. The zero-order valence-corrected chi connectivity index (χ0v) is 6.85. The Morgan fingerprint density at radius 3 is 1.62 bits per heavy atom. The molecule has 1 unspecified atom stereocenters. The van der Waals surface area contributed by atoms with Gasteiger partial charge in [-0.3, -0.25) is 0 Å². The van der Waals surface area contributed by atoms with E-state index >= 15 is 0 Å². The Bertz CT molecular complexity index is 143. The minimum Gasteiger partial charge on any atom is -0.394 e. The molecule has 0 rings (SSSR count). The Labute approximate surface area is 74.7 Å². The van der Waals surface area contributed by atoms with E-state index in [1.54, 1.807) is 0 Å². The Morgan fingerprint density at radius 2 is 1.31 bits per heavy atom. The molecular formula is C6H15NO6. The molecule has 13 heavy (non-hydrogen) atoms. The fraction of sp³-hybridized carbons (Fsp3) is 1.00. The third kappa shape index (κ3) is 3.53. The van der Waals surface area contributed by atoms with Gasteiger partial charge in [-0.05, 0) is 0 Å². The molecule has 0 amide bonds. The van der Waals surface area contributed by atoms with E-state index in [2.05, 4.69) is 0 Å². The molecule has 7 nitrogen and oxygen atoms in total. The van der Waals surface area contributed by atoms with E-state index < -0.39 is 37.3 Å². The van der Waals surface area contributed by atoms with Crippen LogP contribution in [0.4, 0.5) is 0 Å². The van der Waals surface area contributed by atoms with Crippen molar-refractivity contribution in [1.82, 2.24) is 0 Å². The Balaban J connectivity index is 4.15. The van der Waals surface area contributed by atoms with E-state index in [9.17, 15) is 0 Å². The Hall–Kier alpha value is -0.280. The molecule has 5 atom stereocenters. The second-order valence-corrected chi connectivity index (χ2v) is 2.71. The summed E-state index contributed by atoms with van der Waals surface area (Å²) < 4.78 is 0. The first kappa shape index (κ1) is 12.7. The van der Waals surface area contributed by atoms with Crippen molar-refractivity contribution in [3.05, 3.63) is 0 Å². The molecule has 0 aliphatic rings. The quantitative estimate of drug-likeness (QED) is 0.220. The van der Waals surface area contributed by atoms with Gasteiger partial charge in [0.25, 0.3) is 0 Å². The maximum atomic E-state index is 9.05. The Kier molecular flexibility index (Phi) is 5.33. The van der Waals surface area contributed by atoms with Crippen molar-refractivity contribution in [3.8, 4) is 0 Å². The molecular weight excluding hydrogens is 182 g/mol. The molecule has 0 heterocycles. The molecule has 0 aromatic heterocycles. The van der Waals surface area contributed by atoms with Gasteiger partial charge in [0.2, 0.25) is 0 Å². The Morgan fingerprint density at radius 1 is 0.846 bits per heavy atom. The second kappa shape index (κ2) is 5.45. The molecule has 0 fully saturated rings. The van der Waals surface area contributed by atoms with Crippen LogP contribution < -0.4 is 5.73 Å². The van der Waals surface area contributed by atoms with Crippen molar-refractivity contribution in [2.45, 2.75) is 30.6 Å². The predicted molar refractivity (Wildman–Crippen MR) is 41.3 cm³/mol. The van der Waals surface area contributed by atoms with Gasteiger partial charge in [0.15, 0.2) is 0 Å². The first-order valence-corrected chi connectivity index (χ1v) is 3.68. The molecule has 8 N–H and O–H groups in total. The summed E-state index contributed by atoms with van der Waals surface area (Å²) in [6.45, 7) is -0.772. The highest BCUT2D eigenvalue weighted by Crippen LogP contribution is 2.05. The largest absolute Gasteiger partial charge is 0.394 e. The number of hydrogen-bond donors (Lipinski definition) is 7. The zero-order valence-electron chi connectivity index (χ0n) is 6.85. The van der Waals surface area contributed by atoms with Gasteiger partial charge in [0.1, 0.15) is 30.6 Å². The average Bonchev–Trinajstić information content (AvgIpc) is 2.12. The van der Waals surface area contributed by atoms with Crippen LogP contribution >= 0.6 is 0 Å². The average molecular weight is 197 g/mol. The van der Waals surface area contributed by atoms with Crippen molar-refractivity contribution in [2.24, 2.45) is 5.73 Å². The van der Waals surface area contributed by atoms with E-state index in [0.29, 0.717) is 0 Å².